The Morgan fingerprint density at radius 2 is 1.67 bits per heavy atom. The normalized spacial score (nSPS) is 17.4. The van der Waals surface area contributed by atoms with Crippen molar-refractivity contribution in [3.05, 3.63) is 100 Å². The van der Waals surface area contributed by atoms with E-state index in [0.717, 1.165) is 16.7 Å². The van der Waals surface area contributed by atoms with Crippen molar-refractivity contribution in [3.63, 3.8) is 0 Å². The molecule has 2 aliphatic rings. The lowest BCUT2D eigenvalue weighted by atomic mass is 9.87. The Morgan fingerprint density at radius 1 is 0.978 bits per heavy atom. The molecule has 0 radical (unpaired) electrons. The number of carbonyl (C=O) groups is 4. The van der Waals surface area contributed by atoms with Crippen molar-refractivity contribution < 1.29 is 23.9 Å². The van der Waals surface area contributed by atoms with E-state index in [0.29, 0.717) is 48.7 Å². The highest BCUT2D eigenvalue weighted by atomic mass is 35.5. The number of anilines is 1. The number of halogens is 1. The van der Waals surface area contributed by atoms with E-state index in [1.54, 1.807) is 47.4 Å². The van der Waals surface area contributed by atoms with E-state index in [1.807, 2.05) is 51.4 Å². The Bertz CT molecular complexity index is 1590. The molecule has 3 aromatic carbocycles. The van der Waals surface area contributed by atoms with Crippen LogP contribution in [-0.2, 0) is 32.1 Å². The number of Topliss-reactive ketones (excluding diaryl/α,β-unsaturated/α-hetero) is 1. The number of hydrogen-bond donors (Lipinski definition) is 2. The number of nitrogens with one attached hydrogen (secondary N) is 2. The first-order valence-electron chi connectivity index (χ1n) is 15.6. The van der Waals surface area contributed by atoms with E-state index >= 15 is 0 Å². The zero-order valence-electron chi connectivity index (χ0n) is 26.6. The molecule has 2 atom stereocenters. The molecule has 0 saturated carbocycles. The van der Waals surface area contributed by atoms with Crippen molar-refractivity contribution in [2.24, 2.45) is 0 Å². The van der Waals surface area contributed by atoms with E-state index in [1.165, 1.54) is 0 Å². The number of ether oxygens (including phenoxy) is 1. The minimum absolute atomic E-state index is 0.0230. The van der Waals surface area contributed by atoms with Crippen molar-refractivity contribution in [3.8, 4) is 0 Å². The second-order valence-corrected chi connectivity index (χ2v) is 12.9. The van der Waals surface area contributed by atoms with Crippen molar-refractivity contribution in [1.29, 1.82) is 0 Å². The summed E-state index contributed by atoms with van der Waals surface area (Å²) in [4.78, 5) is 57.9. The summed E-state index contributed by atoms with van der Waals surface area (Å²) in [5, 5.41) is 6.54. The van der Waals surface area contributed by atoms with Crippen molar-refractivity contribution in [2.75, 3.05) is 32.6 Å². The quantitative estimate of drug-likeness (QED) is 0.274. The largest absolute Gasteiger partial charge is 0.377 e. The lowest BCUT2D eigenvalue weighted by Gasteiger charge is -2.47. The molecule has 2 heterocycles. The molecule has 10 heteroatoms. The fourth-order valence-electron chi connectivity index (χ4n) is 6.02. The molecule has 46 heavy (non-hydrogen) atoms. The average molecular weight is 645 g/mol. The van der Waals surface area contributed by atoms with E-state index < -0.39 is 18.0 Å². The number of rotatable bonds is 12. The molecule has 2 N–H and O–H groups in total. The van der Waals surface area contributed by atoms with Crippen LogP contribution in [0.25, 0.3) is 0 Å². The Labute approximate surface area is 275 Å². The van der Waals surface area contributed by atoms with Crippen LogP contribution < -0.4 is 10.6 Å². The van der Waals surface area contributed by atoms with E-state index in [-0.39, 0.29) is 42.5 Å². The summed E-state index contributed by atoms with van der Waals surface area (Å²) in [6.45, 7) is 3.19. The fourth-order valence-corrected chi connectivity index (χ4v) is 6.13. The summed E-state index contributed by atoms with van der Waals surface area (Å²) >= 11 is 6.20. The van der Waals surface area contributed by atoms with Crippen LogP contribution in [0.5, 0.6) is 0 Å². The Hall–Kier alpha value is -4.05. The van der Waals surface area contributed by atoms with Gasteiger partial charge in [0.15, 0.2) is 5.78 Å². The number of aryl methyl sites for hydroxylation is 1. The van der Waals surface area contributed by atoms with E-state index in [4.69, 9.17) is 16.3 Å². The van der Waals surface area contributed by atoms with Crippen LogP contribution in [0.4, 0.5) is 5.69 Å². The average Bonchev–Trinajstić information content (AvgIpc) is 3.03. The maximum atomic E-state index is 14.1. The van der Waals surface area contributed by atoms with Gasteiger partial charge in [-0.25, -0.2) is 0 Å². The molecule has 2 aliphatic heterocycles. The predicted octanol–water partition coefficient (Wildman–Crippen LogP) is 4.80. The zero-order chi connectivity index (χ0) is 32.8. The zero-order valence-corrected chi connectivity index (χ0v) is 27.3. The summed E-state index contributed by atoms with van der Waals surface area (Å²) in [5.74, 6) is -1.17. The van der Waals surface area contributed by atoms with Gasteiger partial charge in [0.25, 0.3) is 0 Å². The molecule has 242 valence electrons. The van der Waals surface area contributed by atoms with E-state index in [2.05, 4.69) is 15.5 Å². The van der Waals surface area contributed by atoms with Crippen molar-refractivity contribution in [2.45, 2.75) is 63.2 Å². The van der Waals surface area contributed by atoms with Crippen LogP contribution in [0.15, 0.2) is 72.8 Å². The van der Waals surface area contributed by atoms with Crippen LogP contribution in [0, 0.1) is 6.92 Å². The molecule has 1 saturated heterocycles. The molecule has 0 spiro atoms. The highest BCUT2D eigenvalue weighted by molar-refractivity contribution is 6.31. The third-order valence-electron chi connectivity index (χ3n) is 9.18. The number of fused-ring (bicyclic) bond motifs is 1. The second kappa shape index (κ2) is 14.6. The van der Waals surface area contributed by atoms with Crippen molar-refractivity contribution in [1.82, 2.24) is 15.1 Å². The molecule has 3 amide bonds. The van der Waals surface area contributed by atoms with Gasteiger partial charge in [-0.2, -0.15) is 0 Å². The lowest BCUT2D eigenvalue weighted by molar-refractivity contribution is -0.143. The van der Waals surface area contributed by atoms with Crippen molar-refractivity contribution >= 4 is 40.8 Å². The summed E-state index contributed by atoms with van der Waals surface area (Å²) < 4.78 is 5.52. The number of amides is 3. The third-order valence-corrected chi connectivity index (χ3v) is 9.60. The van der Waals surface area contributed by atoms with Gasteiger partial charge in [-0.15, -0.1) is 0 Å². The molecule has 1 unspecified atom stereocenters. The van der Waals surface area contributed by atoms with Crippen LogP contribution in [-0.4, -0.2) is 78.2 Å². The Morgan fingerprint density at radius 3 is 2.33 bits per heavy atom. The van der Waals surface area contributed by atoms with Crippen LogP contribution >= 0.6 is 11.6 Å². The number of likely N-dealkylation sites (N-methyl/N-ethyl adjacent to an activating group) is 1. The van der Waals surface area contributed by atoms with Crippen LogP contribution in [0.3, 0.4) is 0 Å². The topological polar surface area (TPSA) is 108 Å². The molecule has 0 aliphatic carbocycles. The SMILES string of the molecule is Cc1cc(NC(=O)C(CCC2(N(C)C)COC2)NC(=O)[C@@H]2Cc3ccccc3CN2C(=O)CCC(=O)c2ccccc2)ccc1Cl. The lowest BCUT2D eigenvalue weighted by Crippen LogP contribution is -2.61. The number of carbonyl (C=O) groups excluding carboxylic acids is 4. The molecule has 1 fully saturated rings. The molecular weight excluding hydrogens is 604 g/mol. The number of hydrogen-bond acceptors (Lipinski definition) is 6. The van der Waals surface area contributed by atoms with Gasteiger partial charge in [0.05, 0.1) is 18.8 Å². The van der Waals surface area contributed by atoms with Gasteiger partial charge in [-0.05, 0) is 68.8 Å². The van der Waals surface area contributed by atoms with E-state index in [9.17, 15) is 19.2 Å². The monoisotopic (exact) mass is 644 g/mol. The summed E-state index contributed by atoms with van der Waals surface area (Å²) in [5.41, 5.74) is 3.65. The third kappa shape index (κ3) is 7.66. The minimum atomic E-state index is -0.866. The summed E-state index contributed by atoms with van der Waals surface area (Å²) in [6, 6.07) is 20.1. The van der Waals surface area contributed by atoms with Gasteiger partial charge in [0.1, 0.15) is 12.1 Å². The van der Waals surface area contributed by atoms with Crippen LogP contribution in [0.1, 0.15) is 52.7 Å². The standard InChI is InChI=1S/C36H41ClN4O5/c1-24-19-28(13-14-29(24)37)38-34(44)30(17-18-36(40(2)3)22-46-23-36)39-35(45)31-20-26-11-7-8-12-27(26)21-41(31)33(43)16-15-32(42)25-9-5-4-6-10-25/h4-14,19,30-31H,15-18,20-23H2,1-3H3,(H,38,44)(H,39,45)/t30?,31-/m0/s1. The molecule has 5 rings (SSSR count). The highest BCUT2D eigenvalue weighted by Crippen LogP contribution is 2.30. The number of ketones is 1. The predicted molar refractivity (Wildman–Crippen MR) is 178 cm³/mol. The number of nitrogens with zero attached hydrogens (tertiary/aromatic N) is 2. The maximum absolute atomic E-state index is 14.1. The molecule has 9 nitrogen and oxygen atoms in total. The molecular formula is C36H41ClN4O5. The highest BCUT2D eigenvalue weighted by Gasteiger charge is 2.42. The molecule has 3 aromatic rings. The summed E-state index contributed by atoms with van der Waals surface area (Å²) in [6.07, 6.45) is 1.31. The van der Waals surface area contributed by atoms with Gasteiger partial charge < -0.3 is 20.3 Å². The number of benzene rings is 3. The first-order valence-corrected chi connectivity index (χ1v) is 16.0. The smallest absolute Gasteiger partial charge is 0.246 e. The fraction of sp³-hybridized carbons (Fsp3) is 0.389. The van der Waals surface area contributed by atoms with Gasteiger partial charge in [-0.3, -0.25) is 24.1 Å². The Kier molecular flexibility index (Phi) is 10.6. The first-order chi connectivity index (χ1) is 22.1. The molecule has 0 aromatic heterocycles. The first kappa shape index (κ1) is 33.3. The maximum Gasteiger partial charge on any atom is 0.246 e. The Balaban J connectivity index is 1.35. The molecule has 0 bridgehead atoms. The van der Waals surface area contributed by atoms with Gasteiger partial charge in [0, 0.05) is 42.1 Å². The van der Waals surface area contributed by atoms with Gasteiger partial charge >= 0.3 is 0 Å². The van der Waals surface area contributed by atoms with Gasteiger partial charge in [-0.1, -0.05) is 66.2 Å². The van der Waals surface area contributed by atoms with Crippen LogP contribution in [0.2, 0.25) is 5.02 Å². The summed E-state index contributed by atoms with van der Waals surface area (Å²) in [7, 11) is 3.97. The minimum Gasteiger partial charge on any atom is -0.377 e. The second-order valence-electron chi connectivity index (χ2n) is 12.5. The van der Waals surface area contributed by atoms with Gasteiger partial charge in [0.2, 0.25) is 17.7 Å².